The summed E-state index contributed by atoms with van der Waals surface area (Å²) in [6, 6.07) is 6.18. The predicted octanol–water partition coefficient (Wildman–Crippen LogP) is 2.27. The Labute approximate surface area is 157 Å². The Morgan fingerprint density at radius 3 is 2.62 bits per heavy atom. The molecule has 0 amide bonds. The molecule has 0 saturated heterocycles. The van der Waals surface area contributed by atoms with Crippen molar-refractivity contribution in [2.75, 3.05) is 32.2 Å². The van der Waals surface area contributed by atoms with E-state index in [1.54, 1.807) is 7.05 Å². The summed E-state index contributed by atoms with van der Waals surface area (Å²) in [7, 11) is -1.25. The summed E-state index contributed by atoms with van der Waals surface area (Å²) in [6.07, 6.45) is 4.15. The molecule has 0 spiro atoms. The molecular weight excluding hydrogens is 350 g/mol. The molecule has 7 heteroatoms. The number of aryl methyl sites for hydroxylation is 1. The molecule has 2 N–H and O–H groups in total. The summed E-state index contributed by atoms with van der Waals surface area (Å²) in [5.74, 6) is 1.80. The maximum absolute atomic E-state index is 11.6. The summed E-state index contributed by atoms with van der Waals surface area (Å²) in [4.78, 5) is 4.24. The summed E-state index contributed by atoms with van der Waals surface area (Å²) in [6.45, 7) is 6.04. The zero-order valence-electron chi connectivity index (χ0n) is 16.3. The van der Waals surface area contributed by atoms with E-state index in [1.807, 2.05) is 13.0 Å². The van der Waals surface area contributed by atoms with E-state index in [2.05, 4.69) is 34.7 Å². The van der Waals surface area contributed by atoms with E-state index in [9.17, 15) is 8.42 Å². The number of nitrogens with zero attached hydrogens (tertiary/aromatic N) is 1. The van der Waals surface area contributed by atoms with E-state index in [0.29, 0.717) is 25.7 Å². The maximum Gasteiger partial charge on any atom is 0.191 e. The van der Waals surface area contributed by atoms with Crippen LogP contribution in [0.15, 0.2) is 23.2 Å². The Bertz CT molecular complexity index is 740. The number of hydrogen-bond donors (Lipinski definition) is 2. The summed E-state index contributed by atoms with van der Waals surface area (Å²) < 4.78 is 29.0. The smallest absolute Gasteiger partial charge is 0.191 e. The van der Waals surface area contributed by atoms with E-state index in [0.717, 1.165) is 30.6 Å². The average molecular weight is 382 g/mol. The van der Waals surface area contributed by atoms with Crippen molar-refractivity contribution in [2.45, 2.75) is 39.7 Å². The normalized spacial score (nSPS) is 16.2. The lowest BCUT2D eigenvalue weighted by Gasteiger charge is -2.18. The quantitative estimate of drug-likeness (QED) is 0.507. The van der Waals surface area contributed by atoms with Crippen molar-refractivity contribution in [3.8, 4) is 5.75 Å². The van der Waals surface area contributed by atoms with Crippen LogP contribution in [0, 0.1) is 12.3 Å². The van der Waals surface area contributed by atoms with E-state index in [4.69, 9.17) is 4.74 Å². The Morgan fingerprint density at radius 2 is 2.04 bits per heavy atom. The van der Waals surface area contributed by atoms with Crippen LogP contribution in [0.25, 0.3) is 0 Å². The second kappa shape index (κ2) is 8.75. The van der Waals surface area contributed by atoms with E-state index >= 15 is 0 Å². The molecule has 1 aliphatic carbocycles. The first-order valence-corrected chi connectivity index (χ1v) is 11.2. The number of nitrogens with one attached hydrogen (secondary N) is 2. The van der Waals surface area contributed by atoms with Crippen LogP contribution in [0.1, 0.15) is 37.3 Å². The molecule has 0 radical (unpaired) electrons. The largest absolute Gasteiger partial charge is 0.493 e. The first-order chi connectivity index (χ1) is 12.3. The van der Waals surface area contributed by atoms with E-state index < -0.39 is 9.84 Å². The molecule has 0 bridgehead atoms. The van der Waals surface area contributed by atoms with Gasteiger partial charge in [-0.3, -0.25) is 4.99 Å². The third kappa shape index (κ3) is 6.52. The van der Waals surface area contributed by atoms with Gasteiger partial charge in [-0.15, -0.1) is 0 Å². The molecule has 0 atom stereocenters. The van der Waals surface area contributed by atoms with Crippen molar-refractivity contribution in [2.24, 2.45) is 10.4 Å². The molecular formula is C19H31N3O3S. The number of aliphatic imine (C=N–C) groups is 1. The zero-order chi connectivity index (χ0) is 19.2. The van der Waals surface area contributed by atoms with Gasteiger partial charge in [0.15, 0.2) is 5.96 Å². The summed E-state index contributed by atoms with van der Waals surface area (Å²) >= 11 is 0. The Kier molecular flexibility index (Phi) is 6.92. The fourth-order valence-electron chi connectivity index (χ4n) is 2.93. The number of hydrogen-bond acceptors (Lipinski definition) is 4. The van der Waals surface area contributed by atoms with Gasteiger partial charge in [-0.05, 0) is 37.8 Å². The van der Waals surface area contributed by atoms with Crippen LogP contribution in [0.2, 0.25) is 0 Å². The Balaban J connectivity index is 1.91. The van der Waals surface area contributed by atoms with Crippen molar-refractivity contribution < 1.29 is 13.2 Å². The lowest BCUT2D eigenvalue weighted by Crippen LogP contribution is -2.41. The Hall–Kier alpha value is -1.76. The van der Waals surface area contributed by atoms with Crippen LogP contribution < -0.4 is 15.4 Å². The SMILES string of the molecule is CCCOc1cc(C)ccc1CNC(=NC)NCC1(CS(C)(=O)=O)CC1. The number of ether oxygens (including phenoxy) is 1. The standard InChI is InChI=1S/C19H31N3O3S/c1-5-10-25-17-11-15(2)6-7-16(17)12-21-18(20-3)22-13-19(8-9-19)14-26(4,23)24/h6-7,11H,5,8-10,12-14H2,1-4H3,(H2,20,21,22). The van der Waals surface area contributed by atoms with Gasteiger partial charge in [0.2, 0.25) is 0 Å². The van der Waals surface area contributed by atoms with Crippen LogP contribution in [0.3, 0.4) is 0 Å². The molecule has 2 rings (SSSR count). The van der Waals surface area contributed by atoms with Crippen molar-refractivity contribution in [3.63, 3.8) is 0 Å². The van der Waals surface area contributed by atoms with Crippen LogP contribution >= 0.6 is 0 Å². The van der Waals surface area contributed by atoms with Crippen molar-refractivity contribution >= 4 is 15.8 Å². The minimum atomic E-state index is -2.96. The molecule has 146 valence electrons. The maximum atomic E-state index is 11.6. The van der Waals surface area contributed by atoms with Gasteiger partial charge >= 0.3 is 0 Å². The van der Waals surface area contributed by atoms with E-state index in [1.165, 1.54) is 11.8 Å². The molecule has 6 nitrogen and oxygen atoms in total. The van der Waals surface area contributed by atoms with E-state index in [-0.39, 0.29) is 11.2 Å². The number of benzene rings is 1. The second-order valence-electron chi connectivity index (χ2n) is 7.31. The van der Waals surface area contributed by atoms with Crippen LogP contribution in [0.5, 0.6) is 5.75 Å². The fourth-order valence-corrected chi connectivity index (χ4v) is 4.43. The minimum absolute atomic E-state index is 0.134. The lowest BCUT2D eigenvalue weighted by atomic mass is 10.1. The van der Waals surface area contributed by atoms with Crippen LogP contribution in [-0.4, -0.2) is 46.6 Å². The lowest BCUT2D eigenvalue weighted by molar-refractivity contribution is 0.313. The Morgan fingerprint density at radius 1 is 1.31 bits per heavy atom. The molecule has 26 heavy (non-hydrogen) atoms. The molecule has 1 saturated carbocycles. The highest BCUT2D eigenvalue weighted by molar-refractivity contribution is 7.90. The molecule has 0 heterocycles. The van der Waals surface area contributed by atoms with Gasteiger partial charge in [-0.1, -0.05) is 19.1 Å². The molecule has 1 fully saturated rings. The van der Waals surface area contributed by atoms with Gasteiger partial charge in [0.1, 0.15) is 15.6 Å². The third-order valence-corrected chi connectivity index (χ3v) is 5.65. The third-order valence-electron chi connectivity index (χ3n) is 4.51. The number of rotatable bonds is 9. The molecule has 1 aromatic carbocycles. The zero-order valence-corrected chi connectivity index (χ0v) is 17.1. The highest BCUT2D eigenvalue weighted by Crippen LogP contribution is 2.45. The predicted molar refractivity (Wildman–Crippen MR) is 107 cm³/mol. The topological polar surface area (TPSA) is 79.8 Å². The van der Waals surface area contributed by atoms with Gasteiger partial charge in [0.25, 0.3) is 0 Å². The van der Waals surface area contributed by atoms with Crippen molar-refractivity contribution in [1.29, 1.82) is 0 Å². The average Bonchev–Trinajstić information content (AvgIpc) is 3.32. The van der Waals surface area contributed by atoms with Gasteiger partial charge in [-0.2, -0.15) is 0 Å². The second-order valence-corrected chi connectivity index (χ2v) is 9.45. The first kappa shape index (κ1) is 20.6. The monoisotopic (exact) mass is 381 g/mol. The summed E-state index contributed by atoms with van der Waals surface area (Å²) in [5, 5.41) is 6.57. The fraction of sp³-hybridized carbons (Fsp3) is 0.632. The molecule has 0 aliphatic heterocycles. The number of sulfone groups is 1. The highest BCUT2D eigenvalue weighted by atomic mass is 32.2. The molecule has 1 aromatic rings. The molecule has 1 aliphatic rings. The summed E-state index contributed by atoms with van der Waals surface area (Å²) in [5.41, 5.74) is 2.10. The molecule has 0 aromatic heterocycles. The van der Waals surface area contributed by atoms with Gasteiger partial charge in [-0.25, -0.2) is 8.42 Å². The van der Waals surface area contributed by atoms with Crippen LogP contribution in [-0.2, 0) is 16.4 Å². The first-order valence-electron chi connectivity index (χ1n) is 9.11. The van der Waals surface area contributed by atoms with Gasteiger partial charge < -0.3 is 15.4 Å². The van der Waals surface area contributed by atoms with Gasteiger partial charge in [0, 0.05) is 37.4 Å². The minimum Gasteiger partial charge on any atom is -0.493 e. The van der Waals surface area contributed by atoms with Crippen molar-refractivity contribution in [1.82, 2.24) is 10.6 Å². The highest BCUT2D eigenvalue weighted by Gasteiger charge is 2.45. The molecule has 0 unspecified atom stereocenters. The van der Waals surface area contributed by atoms with Gasteiger partial charge in [0.05, 0.1) is 12.4 Å². The number of guanidine groups is 1. The van der Waals surface area contributed by atoms with Crippen LogP contribution in [0.4, 0.5) is 0 Å². The van der Waals surface area contributed by atoms with Crippen molar-refractivity contribution in [3.05, 3.63) is 29.3 Å².